The van der Waals surface area contributed by atoms with E-state index in [2.05, 4.69) is 16.0 Å². The molecule has 1 fully saturated rings. The molecule has 0 aromatic heterocycles. The number of benzene rings is 1. The normalized spacial score (nSPS) is 19.4. The number of carbonyl (C=O) groups excluding carboxylic acids is 1. The molecule has 0 radical (unpaired) electrons. The van der Waals surface area contributed by atoms with E-state index in [1.807, 2.05) is 18.2 Å². The van der Waals surface area contributed by atoms with Gasteiger partial charge in [0.05, 0.1) is 6.54 Å². The lowest BCUT2D eigenvalue weighted by molar-refractivity contribution is 0.101. The van der Waals surface area contributed by atoms with Crippen molar-refractivity contribution in [1.82, 2.24) is 0 Å². The number of ketones is 1. The van der Waals surface area contributed by atoms with Gasteiger partial charge in [-0.15, -0.1) is 0 Å². The zero-order chi connectivity index (χ0) is 11.8. The summed E-state index contributed by atoms with van der Waals surface area (Å²) in [6, 6.07) is 7.87. The maximum Gasteiger partial charge on any atom is 0.159 e. The van der Waals surface area contributed by atoms with Gasteiger partial charge in [-0.3, -0.25) is 9.79 Å². The van der Waals surface area contributed by atoms with E-state index in [0.29, 0.717) is 5.92 Å². The second-order valence-corrected chi connectivity index (χ2v) is 4.77. The molecule has 3 rings (SSSR count). The molecule has 88 valence electrons. The van der Waals surface area contributed by atoms with Crippen molar-refractivity contribution in [2.24, 2.45) is 10.9 Å². The number of anilines is 1. The third-order valence-corrected chi connectivity index (χ3v) is 3.38. The van der Waals surface area contributed by atoms with Crippen molar-refractivity contribution >= 4 is 17.3 Å². The third kappa shape index (κ3) is 1.97. The Morgan fingerprint density at radius 1 is 1.41 bits per heavy atom. The molecule has 2 aliphatic rings. The zero-order valence-corrected chi connectivity index (χ0v) is 10.0. The van der Waals surface area contributed by atoms with E-state index >= 15 is 0 Å². The lowest BCUT2D eigenvalue weighted by Crippen LogP contribution is -2.28. The van der Waals surface area contributed by atoms with Gasteiger partial charge in [0, 0.05) is 23.7 Å². The number of amidine groups is 1. The maximum absolute atomic E-state index is 11.4. The van der Waals surface area contributed by atoms with Gasteiger partial charge in [0.1, 0.15) is 5.84 Å². The number of hydrogen-bond acceptors (Lipinski definition) is 3. The minimum Gasteiger partial charge on any atom is -0.328 e. The van der Waals surface area contributed by atoms with Crippen LogP contribution in [0.1, 0.15) is 30.1 Å². The Labute approximate surface area is 101 Å². The van der Waals surface area contributed by atoms with Crippen LogP contribution < -0.4 is 4.90 Å². The molecule has 0 saturated heterocycles. The first kappa shape index (κ1) is 10.5. The Bertz CT molecular complexity index is 489. The molecule has 1 aliphatic heterocycles. The van der Waals surface area contributed by atoms with Crippen molar-refractivity contribution in [2.75, 3.05) is 18.0 Å². The topological polar surface area (TPSA) is 32.7 Å². The highest BCUT2D eigenvalue weighted by Gasteiger charge is 2.34. The van der Waals surface area contributed by atoms with Crippen LogP contribution in [-0.2, 0) is 0 Å². The van der Waals surface area contributed by atoms with Gasteiger partial charge in [0.25, 0.3) is 0 Å². The van der Waals surface area contributed by atoms with Crippen molar-refractivity contribution in [3.63, 3.8) is 0 Å². The van der Waals surface area contributed by atoms with Gasteiger partial charge in [0.2, 0.25) is 0 Å². The summed E-state index contributed by atoms with van der Waals surface area (Å²) in [6.07, 6.45) is 2.53. The van der Waals surface area contributed by atoms with Gasteiger partial charge in [-0.1, -0.05) is 12.1 Å². The number of aliphatic imine (C=N–C) groups is 1. The standard InChI is InChI=1S/C14H16N2O/c1-10(17)12-3-2-4-13(9-12)16-8-7-15-14(16)11-5-6-11/h2-4,9,11H,5-8H2,1H3. The Morgan fingerprint density at radius 2 is 2.24 bits per heavy atom. The average molecular weight is 228 g/mol. The third-order valence-electron chi connectivity index (χ3n) is 3.38. The average Bonchev–Trinajstić information content (AvgIpc) is 3.07. The molecule has 0 spiro atoms. The smallest absolute Gasteiger partial charge is 0.159 e. The Morgan fingerprint density at radius 3 is 2.94 bits per heavy atom. The molecule has 17 heavy (non-hydrogen) atoms. The van der Waals surface area contributed by atoms with Gasteiger partial charge in [-0.05, 0) is 31.9 Å². The summed E-state index contributed by atoms with van der Waals surface area (Å²) in [5.41, 5.74) is 1.89. The van der Waals surface area contributed by atoms with Gasteiger partial charge >= 0.3 is 0 Å². The number of carbonyl (C=O) groups is 1. The van der Waals surface area contributed by atoms with Crippen molar-refractivity contribution in [1.29, 1.82) is 0 Å². The van der Waals surface area contributed by atoms with Crippen LogP contribution in [0.15, 0.2) is 29.3 Å². The number of hydrogen-bond donors (Lipinski definition) is 0. The van der Waals surface area contributed by atoms with Gasteiger partial charge in [-0.25, -0.2) is 0 Å². The molecule has 0 N–H and O–H groups in total. The van der Waals surface area contributed by atoms with Crippen LogP contribution in [0, 0.1) is 5.92 Å². The molecule has 1 aromatic carbocycles. The van der Waals surface area contributed by atoms with Crippen LogP contribution in [0.4, 0.5) is 5.69 Å². The predicted octanol–water partition coefficient (Wildman–Crippen LogP) is 2.52. The first-order valence-electron chi connectivity index (χ1n) is 6.18. The van der Waals surface area contributed by atoms with Crippen LogP contribution in [0.5, 0.6) is 0 Å². The fourth-order valence-electron chi connectivity index (χ4n) is 2.31. The highest BCUT2D eigenvalue weighted by atomic mass is 16.1. The lowest BCUT2D eigenvalue weighted by Gasteiger charge is -2.20. The fraction of sp³-hybridized carbons (Fsp3) is 0.429. The Hall–Kier alpha value is -1.64. The molecule has 3 nitrogen and oxygen atoms in total. The molecule has 1 saturated carbocycles. The van der Waals surface area contributed by atoms with E-state index in [4.69, 9.17) is 0 Å². The van der Waals surface area contributed by atoms with Crippen LogP contribution in [-0.4, -0.2) is 24.7 Å². The summed E-state index contributed by atoms with van der Waals surface area (Å²) in [4.78, 5) is 18.2. The van der Waals surface area contributed by atoms with Crippen molar-refractivity contribution < 1.29 is 4.79 Å². The first-order valence-corrected chi connectivity index (χ1v) is 6.18. The molecule has 0 atom stereocenters. The molecule has 1 aliphatic carbocycles. The Balaban J connectivity index is 1.90. The van der Waals surface area contributed by atoms with E-state index in [9.17, 15) is 4.79 Å². The SMILES string of the molecule is CC(=O)c1cccc(N2CCN=C2C2CC2)c1. The molecule has 3 heteroatoms. The fourth-order valence-corrected chi connectivity index (χ4v) is 2.31. The van der Waals surface area contributed by atoms with E-state index in [0.717, 1.165) is 24.3 Å². The summed E-state index contributed by atoms with van der Waals surface area (Å²) in [6.45, 7) is 3.45. The van der Waals surface area contributed by atoms with Crippen molar-refractivity contribution in [2.45, 2.75) is 19.8 Å². The van der Waals surface area contributed by atoms with Gasteiger partial charge in [0.15, 0.2) is 5.78 Å². The zero-order valence-electron chi connectivity index (χ0n) is 10.0. The highest BCUT2D eigenvalue weighted by Crippen LogP contribution is 2.35. The van der Waals surface area contributed by atoms with Crippen LogP contribution in [0.2, 0.25) is 0 Å². The summed E-state index contributed by atoms with van der Waals surface area (Å²) in [5, 5.41) is 0. The number of rotatable bonds is 3. The van der Waals surface area contributed by atoms with Gasteiger partial charge < -0.3 is 4.90 Å². The lowest BCUT2D eigenvalue weighted by atomic mass is 10.1. The van der Waals surface area contributed by atoms with Gasteiger partial charge in [-0.2, -0.15) is 0 Å². The number of nitrogens with zero attached hydrogens (tertiary/aromatic N) is 2. The van der Waals surface area contributed by atoms with E-state index < -0.39 is 0 Å². The minimum absolute atomic E-state index is 0.121. The Kier molecular flexibility index (Phi) is 2.46. The molecular weight excluding hydrogens is 212 g/mol. The molecule has 0 amide bonds. The maximum atomic E-state index is 11.4. The highest BCUT2D eigenvalue weighted by molar-refractivity contribution is 6.03. The predicted molar refractivity (Wildman–Crippen MR) is 68.8 cm³/mol. The molecule has 0 unspecified atom stereocenters. The summed E-state index contributed by atoms with van der Waals surface area (Å²) in [5.74, 6) is 2.01. The van der Waals surface area contributed by atoms with Crippen LogP contribution >= 0.6 is 0 Å². The molecule has 1 heterocycles. The van der Waals surface area contributed by atoms with Crippen LogP contribution in [0.3, 0.4) is 0 Å². The van der Waals surface area contributed by atoms with Crippen LogP contribution in [0.25, 0.3) is 0 Å². The summed E-state index contributed by atoms with van der Waals surface area (Å²) >= 11 is 0. The van der Waals surface area contributed by atoms with E-state index in [1.54, 1.807) is 6.92 Å². The quantitative estimate of drug-likeness (QED) is 0.745. The van der Waals surface area contributed by atoms with Crippen molar-refractivity contribution in [3.05, 3.63) is 29.8 Å². The summed E-state index contributed by atoms with van der Waals surface area (Å²) < 4.78 is 0. The van der Waals surface area contributed by atoms with E-state index in [-0.39, 0.29) is 5.78 Å². The summed E-state index contributed by atoms with van der Waals surface area (Å²) in [7, 11) is 0. The second-order valence-electron chi connectivity index (χ2n) is 4.77. The second kappa shape index (κ2) is 3.99. The monoisotopic (exact) mass is 228 g/mol. The van der Waals surface area contributed by atoms with Crippen molar-refractivity contribution in [3.8, 4) is 0 Å². The molecule has 0 bridgehead atoms. The first-order chi connectivity index (χ1) is 8.25. The number of Topliss-reactive ketones (excluding diaryl/α,β-unsaturated/α-hetero) is 1. The largest absolute Gasteiger partial charge is 0.328 e. The van der Waals surface area contributed by atoms with E-state index in [1.165, 1.54) is 18.7 Å². The molecular formula is C14H16N2O. The minimum atomic E-state index is 0.121. The molecule has 1 aromatic rings.